The summed E-state index contributed by atoms with van der Waals surface area (Å²) in [6.45, 7) is 4.17. The molecular weight excluding hydrogens is 328 g/mol. The molecule has 0 aliphatic carbocycles. The van der Waals surface area contributed by atoms with Crippen molar-refractivity contribution < 1.29 is 9.59 Å². The predicted octanol–water partition coefficient (Wildman–Crippen LogP) is 5.64. The fraction of sp³-hybridized carbons (Fsp3) is 0.182. The molecule has 3 heteroatoms. The molecule has 0 aromatic heterocycles. The van der Waals surface area contributed by atoms with E-state index in [1.807, 2.05) is 48.5 Å². The molecule has 0 bridgehead atoms. The van der Waals surface area contributed by atoms with Crippen LogP contribution in [0.5, 0.6) is 0 Å². The van der Waals surface area contributed by atoms with Crippen molar-refractivity contribution in [2.24, 2.45) is 0 Å². The Hall–Kier alpha value is -2.39. The fourth-order valence-corrected chi connectivity index (χ4v) is 2.74. The maximum atomic E-state index is 12.0. The van der Waals surface area contributed by atoms with Crippen molar-refractivity contribution in [1.82, 2.24) is 0 Å². The Balaban J connectivity index is 1.85. The summed E-state index contributed by atoms with van der Waals surface area (Å²) in [7, 11) is 0. The van der Waals surface area contributed by atoms with Gasteiger partial charge in [-0.25, -0.2) is 0 Å². The molecule has 0 saturated carbocycles. The Morgan fingerprint density at radius 3 is 1.40 bits per heavy atom. The van der Waals surface area contributed by atoms with E-state index in [4.69, 9.17) is 0 Å². The maximum absolute atomic E-state index is 12.0. The number of hydrogen-bond acceptors (Lipinski definition) is 3. The summed E-state index contributed by atoms with van der Waals surface area (Å²) >= 11 is 1.31. The zero-order valence-corrected chi connectivity index (χ0v) is 15.4. The van der Waals surface area contributed by atoms with Gasteiger partial charge in [0.05, 0.1) is 0 Å². The van der Waals surface area contributed by atoms with Crippen molar-refractivity contribution in [3.05, 3.63) is 93.8 Å². The van der Waals surface area contributed by atoms with Crippen LogP contribution in [0.25, 0.3) is 0 Å². The molecule has 0 radical (unpaired) electrons. The van der Waals surface area contributed by atoms with E-state index in [0.717, 1.165) is 12.8 Å². The van der Waals surface area contributed by atoms with Crippen LogP contribution in [0.1, 0.15) is 45.7 Å². The largest absolute Gasteiger partial charge is 0.289 e. The van der Waals surface area contributed by atoms with Crippen molar-refractivity contribution in [2.75, 3.05) is 0 Å². The van der Waals surface area contributed by atoms with Crippen LogP contribution < -0.4 is 0 Å². The van der Waals surface area contributed by atoms with Gasteiger partial charge in [0.15, 0.2) is 11.6 Å². The van der Waals surface area contributed by atoms with E-state index in [9.17, 15) is 9.59 Å². The van der Waals surface area contributed by atoms with Crippen LogP contribution in [0.4, 0.5) is 0 Å². The lowest BCUT2D eigenvalue weighted by atomic mass is 10.1. The Labute approximate surface area is 153 Å². The minimum atomic E-state index is -0.0370. The molecule has 0 aliphatic rings. The van der Waals surface area contributed by atoms with Gasteiger partial charge in [0.1, 0.15) is 0 Å². The number of rotatable bonds is 8. The molecule has 0 spiro atoms. The minimum Gasteiger partial charge on any atom is -0.289 e. The highest BCUT2D eigenvalue weighted by Gasteiger charge is 2.02. The van der Waals surface area contributed by atoms with Crippen LogP contribution in [-0.2, 0) is 12.8 Å². The van der Waals surface area contributed by atoms with Gasteiger partial charge in [-0.1, -0.05) is 62.4 Å². The zero-order valence-electron chi connectivity index (χ0n) is 14.6. The number of carbonyl (C=O) groups is 2. The van der Waals surface area contributed by atoms with Gasteiger partial charge in [0.25, 0.3) is 0 Å². The van der Waals surface area contributed by atoms with Crippen molar-refractivity contribution in [3.8, 4) is 0 Å². The van der Waals surface area contributed by atoms with E-state index in [1.165, 1.54) is 35.0 Å². The summed E-state index contributed by atoms with van der Waals surface area (Å²) in [4.78, 5) is 24.1. The van der Waals surface area contributed by atoms with Crippen molar-refractivity contribution >= 4 is 23.3 Å². The van der Waals surface area contributed by atoms with Gasteiger partial charge >= 0.3 is 0 Å². The Kier molecular flexibility index (Phi) is 7.42. The second-order valence-electron chi connectivity index (χ2n) is 5.57. The summed E-state index contributed by atoms with van der Waals surface area (Å²) in [5.41, 5.74) is 3.77. The van der Waals surface area contributed by atoms with E-state index in [2.05, 4.69) is 13.8 Å². The van der Waals surface area contributed by atoms with Crippen molar-refractivity contribution in [3.63, 3.8) is 0 Å². The molecule has 2 nitrogen and oxygen atoms in total. The highest BCUT2D eigenvalue weighted by Crippen LogP contribution is 2.11. The topological polar surface area (TPSA) is 34.1 Å². The molecular formula is C22H22O2S. The van der Waals surface area contributed by atoms with E-state index in [1.54, 1.807) is 10.8 Å². The lowest BCUT2D eigenvalue weighted by molar-refractivity contribution is 0.103. The molecule has 0 amide bonds. The van der Waals surface area contributed by atoms with E-state index < -0.39 is 0 Å². The average Bonchev–Trinajstić information content (AvgIpc) is 2.67. The van der Waals surface area contributed by atoms with Gasteiger partial charge < -0.3 is 0 Å². The quantitative estimate of drug-likeness (QED) is 0.456. The molecule has 0 unspecified atom stereocenters. The first-order valence-corrected chi connectivity index (χ1v) is 9.33. The number of ketones is 2. The van der Waals surface area contributed by atoms with Crippen LogP contribution in [-0.4, -0.2) is 11.6 Å². The SMILES string of the molecule is CCc1ccc(C(=O)/C=C/S/C=C/C(=O)c2ccc(CC)cc2)cc1. The molecule has 128 valence electrons. The first kappa shape index (κ1) is 18.9. The number of thioether (sulfide) groups is 1. The summed E-state index contributed by atoms with van der Waals surface area (Å²) in [5.74, 6) is -0.0740. The zero-order chi connectivity index (χ0) is 18.1. The third kappa shape index (κ3) is 5.87. The van der Waals surface area contributed by atoms with Gasteiger partial charge in [-0.3, -0.25) is 9.59 Å². The second kappa shape index (κ2) is 9.80. The van der Waals surface area contributed by atoms with Gasteiger partial charge in [-0.05, 0) is 46.9 Å². The summed E-state index contributed by atoms with van der Waals surface area (Å²) in [5, 5.41) is 3.39. The van der Waals surface area contributed by atoms with Gasteiger partial charge in [-0.15, -0.1) is 11.8 Å². The predicted molar refractivity (Wildman–Crippen MR) is 106 cm³/mol. The van der Waals surface area contributed by atoms with E-state index >= 15 is 0 Å². The third-order valence-electron chi connectivity index (χ3n) is 3.89. The lowest BCUT2D eigenvalue weighted by Crippen LogP contribution is -1.94. The van der Waals surface area contributed by atoms with Gasteiger partial charge in [-0.2, -0.15) is 0 Å². The molecule has 0 saturated heterocycles. The second-order valence-corrected chi connectivity index (χ2v) is 6.39. The molecule has 0 aliphatic heterocycles. The fourth-order valence-electron chi connectivity index (χ4n) is 2.25. The summed E-state index contributed by atoms with van der Waals surface area (Å²) < 4.78 is 0. The van der Waals surface area contributed by atoms with Crippen molar-refractivity contribution in [1.29, 1.82) is 0 Å². The van der Waals surface area contributed by atoms with Crippen LogP contribution in [0.2, 0.25) is 0 Å². The molecule has 0 fully saturated rings. The van der Waals surface area contributed by atoms with Crippen LogP contribution >= 0.6 is 11.8 Å². The standard InChI is InChI=1S/C22H22O2S/c1-3-17-5-9-19(10-6-17)21(23)13-15-25-16-14-22(24)20-11-7-18(4-2)8-12-20/h5-16H,3-4H2,1-2H3/b15-13+,16-14+. The van der Waals surface area contributed by atoms with Gasteiger partial charge in [0, 0.05) is 11.1 Å². The van der Waals surface area contributed by atoms with Crippen LogP contribution in [0, 0.1) is 0 Å². The molecule has 0 atom stereocenters. The highest BCUT2D eigenvalue weighted by atomic mass is 32.2. The molecule has 25 heavy (non-hydrogen) atoms. The highest BCUT2D eigenvalue weighted by molar-refractivity contribution is 8.04. The van der Waals surface area contributed by atoms with E-state index in [-0.39, 0.29) is 11.6 Å². The smallest absolute Gasteiger partial charge is 0.186 e. The number of hydrogen-bond donors (Lipinski definition) is 0. The molecule has 2 aromatic carbocycles. The molecule has 0 N–H and O–H groups in total. The Morgan fingerprint density at radius 1 is 0.720 bits per heavy atom. The molecule has 0 heterocycles. The van der Waals surface area contributed by atoms with Crippen molar-refractivity contribution in [2.45, 2.75) is 26.7 Å². The minimum absolute atomic E-state index is 0.0370. The third-order valence-corrected chi connectivity index (χ3v) is 4.48. The summed E-state index contributed by atoms with van der Waals surface area (Å²) in [6, 6.07) is 15.2. The molecule has 2 rings (SSSR count). The Bertz CT molecular complexity index is 701. The number of allylic oxidation sites excluding steroid dienone is 2. The average molecular weight is 350 g/mol. The molecule has 2 aromatic rings. The lowest BCUT2D eigenvalue weighted by Gasteiger charge is -1.98. The monoisotopic (exact) mass is 350 g/mol. The first-order valence-electron chi connectivity index (χ1n) is 8.39. The number of carbonyl (C=O) groups excluding carboxylic acids is 2. The van der Waals surface area contributed by atoms with E-state index in [0.29, 0.717) is 11.1 Å². The van der Waals surface area contributed by atoms with Crippen LogP contribution in [0.15, 0.2) is 71.5 Å². The maximum Gasteiger partial charge on any atom is 0.186 e. The van der Waals surface area contributed by atoms with Crippen LogP contribution in [0.3, 0.4) is 0 Å². The number of aryl methyl sites for hydroxylation is 2. The number of benzene rings is 2. The summed E-state index contributed by atoms with van der Waals surface area (Å²) in [6.07, 6.45) is 4.97. The van der Waals surface area contributed by atoms with Gasteiger partial charge in [0.2, 0.25) is 0 Å². The normalized spacial score (nSPS) is 11.3. The first-order chi connectivity index (χ1) is 12.1. The Morgan fingerprint density at radius 2 is 1.08 bits per heavy atom.